The minimum atomic E-state index is -1.58. The van der Waals surface area contributed by atoms with E-state index in [2.05, 4.69) is 25.9 Å². The third-order valence-corrected chi connectivity index (χ3v) is 6.03. The Morgan fingerprint density at radius 3 is 2.14 bits per heavy atom. The van der Waals surface area contributed by atoms with Gasteiger partial charge in [-0.3, -0.25) is 14.4 Å². The maximum Gasteiger partial charge on any atom is 0.328 e. The van der Waals surface area contributed by atoms with Crippen molar-refractivity contribution >= 4 is 35.5 Å². The van der Waals surface area contributed by atoms with E-state index < -0.39 is 54.5 Å². The summed E-state index contributed by atoms with van der Waals surface area (Å²) in [4.78, 5) is 56.9. The number of hydrogen-bond acceptors (Lipinski definition) is 9. The Hall–Kier alpha value is -3.62. The molecule has 202 valence electrons. The van der Waals surface area contributed by atoms with Crippen LogP contribution in [0.5, 0.6) is 5.75 Å². The summed E-state index contributed by atoms with van der Waals surface area (Å²) in [6.07, 6.45) is 5.14. The molecule has 4 atom stereocenters. The number of aromatic hydroxyl groups is 1. The Morgan fingerprint density at radius 1 is 1.00 bits per heavy atom. The number of thioether (sulfide) groups is 1. The molecule has 37 heavy (non-hydrogen) atoms. The average molecular weight is 537 g/mol. The standard InChI is InChI=1S/C23H32N6O7S/c1-37-7-6-16(24)20(32)27-18(9-14-10-25-12-26-14)22(34)28-17(8-13-2-4-15(31)5-3-13)21(33)29-19(11-30)23(35)36/h2-5,10,12,16-19,30-31H,6-9,11,24H2,1H3,(H,25,26)(H,27,32)(H,28,34)(H,29,33)(H,35,36). The maximum atomic E-state index is 13.3. The summed E-state index contributed by atoms with van der Waals surface area (Å²) in [5.74, 6) is -2.91. The molecule has 0 aliphatic heterocycles. The number of carbonyl (C=O) groups is 4. The van der Waals surface area contributed by atoms with Crippen LogP contribution in [0.2, 0.25) is 0 Å². The Balaban J connectivity index is 2.25. The number of carbonyl (C=O) groups excluding carboxylic acids is 3. The van der Waals surface area contributed by atoms with E-state index >= 15 is 0 Å². The first-order chi connectivity index (χ1) is 17.6. The number of imidazole rings is 1. The summed E-state index contributed by atoms with van der Waals surface area (Å²) in [5.41, 5.74) is 7.05. The molecule has 0 saturated carbocycles. The van der Waals surface area contributed by atoms with Crippen LogP contribution in [0.25, 0.3) is 0 Å². The molecule has 0 radical (unpaired) electrons. The van der Waals surface area contributed by atoms with Crippen LogP contribution in [0.3, 0.4) is 0 Å². The lowest BCUT2D eigenvalue weighted by Crippen LogP contribution is -2.58. The van der Waals surface area contributed by atoms with E-state index in [1.807, 2.05) is 6.26 Å². The summed E-state index contributed by atoms with van der Waals surface area (Å²) >= 11 is 1.53. The van der Waals surface area contributed by atoms with Crippen molar-refractivity contribution in [1.82, 2.24) is 25.9 Å². The van der Waals surface area contributed by atoms with Gasteiger partial charge >= 0.3 is 5.97 Å². The van der Waals surface area contributed by atoms with Crippen LogP contribution in [-0.2, 0) is 32.0 Å². The molecule has 0 aliphatic rings. The number of nitrogens with zero attached hydrogens (tertiary/aromatic N) is 1. The van der Waals surface area contributed by atoms with Crippen LogP contribution in [-0.4, -0.2) is 91.8 Å². The van der Waals surface area contributed by atoms with E-state index in [9.17, 15) is 34.5 Å². The maximum absolute atomic E-state index is 13.3. The molecule has 3 amide bonds. The van der Waals surface area contributed by atoms with Gasteiger partial charge in [-0.05, 0) is 36.1 Å². The van der Waals surface area contributed by atoms with Gasteiger partial charge in [0.05, 0.1) is 19.0 Å². The molecule has 2 rings (SSSR count). The Kier molecular flexibility index (Phi) is 11.9. The molecule has 9 N–H and O–H groups in total. The molecule has 4 unspecified atom stereocenters. The van der Waals surface area contributed by atoms with Crippen LogP contribution in [0, 0.1) is 0 Å². The molecule has 0 bridgehead atoms. The third kappa shape index (κ3) is 9.74. The summed E-state index contributed by atoms with van der Waals surface area (Å²) in [6, 6.07) is 1.05. The van der Waals surface area contributed by atoms with E-state index in [0.29, 0.717) is 23.4 Å². The van der Waals surface area contributed by atoms with E-state index in [0.717, 1.165) is 0 Å². The van der Waals surface area contributed by atoms with Gasteiger partial charge in [-0.15, -0.1) is 0 Å². The number of rotatable bonds is 15. The number of carboxylic acid groups (broad SMARTS) is 1. The molecule has 13 nitrogen and oxygen atoms in total. The molecular weight excluding hydrogens is 504 g/mol. The van der Waals surface area contributed by atoms with Crippen molar-refractivity contribution < 1.29 is 34.5 Å². The van der Waals surface area contributed by atoms with Gasteiger partial charge in [0.25, 0.3) is 0 Å². The number of aromatic amines is 1. The number of phenols is 1. The van der Waals surface area contributed by atoms with E-state index in [1.165, 1.54) is 48.6 Å². The summed E-state index contributed by atoms with van der Waals surface area (Å²) in [5, 5.41) is 35.4. The SMILES string of the molecule is CSCCC(N)C(=O)NC(Cc1cnc[nH]1)C(=O)NC(Cc1ccc(O)cc1)C(=O)NC(CO)C(=O)O. The highest BCUT2D eigenvalue weighted by Crippen LogP contribution is 2.12. The fourth-order valence-electron chi connectivity index (χ4n) is 3.29. The largest absolute Gasteiger partial charge is 0.508 e. The second-order valence-corrected chi connectivity index (χ2v) is 9.23. The highest BCUT2D eigenvalue weighted by Gasteiger charge is 2.30. The molecule has 0 saturated heterocycles. The van der Waals surface area contributed by atoms with Gasteiger partial charge in [0, 0.05) is 24.7 Å². The number of benzene rings is 1. The van der Waals surface area contributed by atoms with Gasteiger partial charge in [-0.1, -0.05) is 12.1 Å². The molecule has 14 heteroatoms. The molecule has 1 heterocycles. The number of phenolic OH excluding ortho intramolecular Hbond substituents is 1. The van der Waals surface area contributed by atoms with Crippen LogP contribution in [0.4, 0.5) is 0 Å². The van der Waals surface area contributed by atoms with Gasteiger partial charge in [0.1, 0.15) is 23.9 Å². The Morgan fingerprint density at radius 2 is 1.59 bits per heavy atom. The molecule has 2 aromatic rings. The highest BCUT2D eigenvalue weighted by atomic mass is 32.2. The summed E-state index contributed by atoms with van der Waals surface area (Å²) in [7, 11) is 0. The number of nitrogens with two attached hydrogens (primary N) is 1. The number of nitrogens with one attached hydrogen (secondary N) is 4. The number of carboxylic acids is 1. The molecule has 0 aliphatic carbocycles. The van der Waals surface area contributed by atoms with Crippen molar-refractivity contribution in [3.8, 4) is 5.75 Å². The van der Waals surface area contributed by atoms with Crippen molar-refractivity contribution in [2.24, 2.45) is 5.73 Å². The molecule has 1 aromatic carbocycles. The first-order valence-corrected chi connectivity index (χ1v) is 12.8. The molecule has 1 aromatic heterocycles. The van der Waals surface area contributed by atoms with E-state index in [1.54, 1.807) is 0 Å². The lowest BCUT2D eigenvalue weighted by atomic mass is 10.0. The number of H-pyrrole nitrogens is 1. The lowest BCUT2D eigenvalue weighted by Gasteiger charge is -2.25. The predicted octanol–water partition coefficient (Wildman–Crippen LogP) is -1.49. The normalized spacial score (nSPS) is 14.1. The van der Waals surface area contributed by atoms with Gasteiger partial charge < -0.3 is 42.0 Å². The minimum Gasteiger partial charge on any atom is -0.508 e. The molecular formula is C23H32N6O7S. The Bertz CT molecular complexity index is 1030. The number of amides is 3. The van der Waals surface area contributed by atoms with Gasteiger partial charge in [-0.25, -0.2) is 9.78 Å². The van der Waals surface area contributed by atoms with Gasteiger partial charge in [0.2, 0.25) is 17.7 Å². The topological polar surface area (TPSA) is 220 Å². The van der Waals surface area contributed by atoms with Gasteiger partial charge in [-0.2, -0.15) is 11.8 Å². The van der Waals surface area contributed by atoms with Crippen molar-refractivity contribution in [2.75, 3.05) is 18.6 Å². The zero-order chi connectivity index (χ0) is 27.4. The van der Waals surface area contributed by atoms with Crippen molar-refractivity contribution in [1.29, 1.82) is 0 Å². The van der Waals surface area contributed by atoms with Crippen LogP contribution >= 0.6 is 11.8 Å². The fourth-order valence-corrected chi connectivity index (χ4v) is 3.78. The molecule has 0 spiro atoms. The third-order valence-electron chi connectivity index (χ3n) is 5.39. The van der Waals surface area contributed by atoms with Crippen LogP contribution in [0.1, 0.15) is 17.7 Å². The van der Waals surface area contributed by atoms with Gasteiger partial charge in [0.15, 0.2) is 0 Å². The minimum absolute atomic E-state index is 0.000143. The number of aliphatic hydroxyl groups is 1. The number of aliphatic hydroxyl groups excluding tert-OH is 1. The lowest BCUT2D eigenvalue weighted by molar-refractivity contribution is -0.143. The zero-order valence-electron chi connectivity index (χ0n) is 20.2. The zero-order valence-corrected chi connectivity index (χ0v) is 21.0. The van der Waals surface area contributed by atoms with E-state index in [-0.39, 0.29) is 18.6 Å². The Labute approximate surface area is 217 Å². The first-order valence-electron chi connectivity index (χ1n) is 11.4. The van der Waals surface area contributed by atoms with E-state index in [4.69, 9.17) is 5.73 Å². The second kappa shape index (κ2) is 14.8. The highest BCUT2D eigenvalue weighted by molar-refractivity contribution is 7.98. The number of hydrogen-bond donors (Lipinski definition) is 8. The van der Waals surface area contributed by atoms with Crippen molar-refractivity contribution in [3.05, 3.63) is 48.0 Å². The van der Waals surface area contributed by atoms with Crippen molar-refractivity contribution in [2.45, 2.75) is 43.4 Å². The monoisotopic (exact) mass is 536 g/mol. The van der Waals surface area contributed by atoms with Crippen LogP contribution in [0.15, 0.2) is 36.8 Å². The number of aliphatic carboxylic acids is 1. The first kappa shape index (κ1) is 29.6. The molecule has 0 fully saturated rings. The van der Waals surface area contributed by atoms with Crippen molar-refractivity contribution in [3.63, 3.8) is 0 Å². The quantitative estimate of drug-likeness (QED) is 0.132. The smallest absolute Gasteiger partial charge is 0.328 e. The summed E-state index contributed by atoms with van der Waals surface area (Å²) < 4.78 is 0. The summed E-state index contributed by atoms with van der Waals surface area (Å²) in [6.45, 7) is -0.854. The predicted molar refractivity (Wildman–Crippen MR) is 136 cm³/mol. The number of aromatic nitrogens is 2. The fraction of sp³-hybridized carbons (Fsp3) is 0.435. The van der Waals surface area contributed by atoms with Crippen LogP contribution < -0.4 is 21.7 Å². The average Bonchev–Trinajstić information content (AvgIpc) is 3.38. The second-order valence-electron chi connectivity index (χ2n) is 8.24.